The van der Waals surface area contributed by atoms with Gasteiger partial charge in [-0.25, -0.2) is 4.79 Å². The zero-order valence-electron chi connectivity index (χ0n) is 43.6. The van der Waals surface area contributed by atoms with Crippen LogP contribution in [-0.4, -0.2) is 158 Å². The molecule has 7 aliphatic rings. The smallest absolute Gasteiger partial charge is 0.338 e. The maximum atomic E-state index is 13.9. The highest BCUT2D eigenvalue weighted by Crippen LogP contribution is 2.70. The van der Waals surface area contributed by atoms with Crippen LogP contribution in [0.1, 0.15) is 130 Å². The number of hydrogen-bond acceptors (Lipinski definition) is 17. The lowest BCUT2D eigenvalue weighted by atomic mass is 9.43. The van der Waals surface area contributed by atoms with E-state index in [0.717, 1.165) is 32.1 Å². The van der Waals surface area contributed by atoms with Crippen LogP contribution in [0.5, 0.6) is 0 Å². The normalized spacial score (nSPS) is 46.6. The van der Waals surface area contributed by atoms with Crippen LogP contribution in [-0.2, 0) is 61.7 Å². The Kier molecular flexibility index (Phi) is 16.8. The lowest BCUT2D eigenvalue weighted by Gasteiger charge is -2.63. The number of carbonyl (C=O) groups is 3. The Labute approximate surface area is 419 Å². The lowest BCUT2D eigenvalue weighted by molar-refractivity contribution is -0.352. The number of Topliss-reactive ketones (excluding diaryl/α,β-unsaturated/α-hetero) is 1. The summed E-state index contributed by atoms with van der Waals surface area (Å²) in [6, 6.07) is 8.62. The molecule has 3 heterocycles. The van der Waals surface area contributed by atoms with Gasteiger partial charge in [-0.15, -0.1) is 0 Å². The Bertz CT molecular complexity index is 1990. The van der Waals surface area contributed by atoms with Gasteiger partial charge >= 0.3 is 11.9 Å². The molecule has 400 valence electrons. The molecule has 1 aromatic carbocycles. The molecular formula is C54H82O17. The van der Waals surface area contributed by atoms with Gasteiger partial charge in [-0.3, -0.25) is 9.59 Å². The van der Waals surface area contributed by atoms with E-state index in [2.05, 4.69) is 6.92 Å². The second-order valence-electron chi connectivity index (χ2n) is 22.8. The summed E-state index contributed by atoms with van der Waals surface area (Å²) in [6.45, 7) is 15.1. The molecule has 17 nitrogen and oxygen atoms in total. The van der Waals surface area contributed by atoms with Crippen molar-refractivity contribution in [3.63, 3.8) is 0 Å². The van der Waals surface area contributed by atoms with Gasteiger partial charge in [0.25, 0.3) is 0 Å². The number of fused-ring (bicyclic) bond motifs is 5. The minimum atomic E-state index is -1.65. The summed E-state index contributed by atoms with van der Waals surface area (Å²) in [4.78, 5) is 41.2. The highest BCUT2D eigenvalue weighted by molar-refractivity contribution is 5.90. The molecule has 3 saturated heterocycles. The number of benzene rings is 1. The lowest BCUT2D eigenvalue weighted by Crippen LogP contribution is -2.66. The molecule has 4 saturated carbocycles. The third kappa shape index (κ3) is 10.3. The molecule has 23 atom stereocenters. The monoisotopic (exact) mass is 1000 g/mol. The van der Waals surface area contributed by atoms with Crippen molar-refractivity contribution in [3.8, 4) is 0 Å². The van der Waals surface area contributed by atoms with Gasteiger partial charge in [0.2, 0.25) is 0 Å². The summed E-state index contributed by atoms with van der Waals surface area (Å²) >= 11 is 0. The Hall–Kier alpha value is -2.65. The fraction of sp³-hybridized carbons (Fsp3) is 0.833. The van der Waals surface area contributed by atoms with E-state index >= 15 is 0 Å². The molecular weight excluding hydrogens is 921 g/mol. The first-order valence-corrected chi connectivity index (χ1v) is 26.2. The molecule has 3 N–H and O–H groups in total. The number of carbonyl (C=O) groups excluding carboxylic acids is 3. The molecule has 17 heteroatoms. The number of aliphatic hydroxyl groups excluding tert-OH is 2. The van der Waals surface area contributed by atoms with Gasteiger partial charge in [0.05, 0.1) is 48.1 Å². The van der Waals surface area contributed by atoms with Crippen LogP contribution < -0.4 is 0 Å². The fourth-order valence-corrected chi connectivity index (χ4v) is 14.6. The first-order valence-electron chi connectivity index (χ1n) is 26.2. The van der Waals surface area contributed by atoms with Crippen LogP contribution in [0.25, 0.3) is 0 Å². The minimum Gasteiger partial charge on any atom is -0.457 e. The van der Waals surface area contributed by atoms with Crippen molar-refractivity contribution in [2.45, 2.75) is 223 Å². The molecule has 1 aromatic rings. The van der Waals surface area contributed by atoms with Crippen LogP contribution in [0, 0.1) is 40.4 Å². The van der Waals surface area contributed by atoms with Crippen molar-refractivity contribution >= 4 is 17.7 Å². The first kappa shape index (κ1) is 54.6. The van der Waals surface area contributed by atoms with E-state index in [1.165, 1.54) is 14.0 Å². The summed E-state index contributed by atoms with van der Waals surface area (Å²) in [6.07, 6.45) is -5.34. The van der Waals surface area contributed by atoms with Gasteiger partial charge in [-0.1, -0.05) is 45.9 Å². The van der Waals surface area contributed by atoms with Crippen LogP contribution >= 0.6 is 0 Å². The molecule has 0 aromatic heterocycles. The standard InChI is InChI=1S/C54H82O17/c1-27(2)23-39(56)68-47-42(28(3)55)53(8)22-20-35-36(54(53,60)49(47)71-50(59)32-15-13-12-14-16-32)18-17-33-24-34(19-21-52(33,35)7)67-40-25-37(61-9)45(30(5)64-40)69-41-26-38(62-10)46(31(6)65-41)70-51-44(58)48(63-11)43(57)29(4)66-51/h12-16,27,29-31,33-38,40-49,51,57-58,60H,17-26H2,1-11H3. The van der Waals surface area contributed by atoms with E-state index < -0.39 is 115 Å². The molecule has 3 aliphatic heterocycles. The van der Waals surface area contributed by atoms with Crippen LogP contribution in [0.3, 0.4) is 0 Å². The number of esters is 2. The van der Waals surface area contributed by atoms with Crippen molar-refractivity contribution in [1.29, 1.82) is 0 Å². The predicted octanol–water partition coefficient (Wildman–Crippen LogP) is 5.69. The molecule has 71 heavy (non-hydrogen) atoms. The van der Waals surface area contributed by atoms with Crippen LogP contribution in [0.2, 0.25) is 0 Å². The molecule has 4 aliphatic carbocycles. The summed E-state index contributed by atoms with van der Waals surface area (Å²) in [7, 11) is 4.67. The Balaban J connectivity index is 0.917. The Morgan fingerprint density at radius 3 is 1.94 bits per heavy atom. The molecule has 0 amide bonds. The summed E-state index contributed by atoms with van der Waals surface area (Å²) in [5, 5.41) is 35.0. The SMILES string of the molecule is COC1CC(OC2CCC3(C)C(CCC4C3CCC3(C)C(C(C)=O)C(OC(=O)CC(C)C)C(OC(=O)c5ccccc5)C43O)C2)OC(C)C1OC1CC(OC)C(OC2OC(C)C(O)C(OC)C2O)C(C)O1. The van der Waals surface area contributed by atoms with Gasteiger partial charge in [0.15, 0.2) is 31.1 Å². The number of ether oxygens (including phenoxy) is 11. The number of ketones is 1. The van der Waals surface area contributed by atoms with Gasteiger partial charge in [0.1, 0.15) is 41.9 Å². The number of hydrogen-bond donors (Lipinski definition) is 3. The van der Waals surface area contributed by atoms with Gasteiger partial charge in [-0.2, -0.15) is 0 Å². The van der Waals surface area contributed by atoms with Crippen LogP contribution in [0.15, 0.2) is 30.3 Å². The first-order chi connectivity index (χ1) is 33.7. The second-order valence-corrected chi connectivity index (χ2v) is 22.8. The van der Waals surface area contributed by atoms with E-state index in [9.17, 15) is 29.7 Å². The van der Waals surface area contributed by atoms with E-state index in [1.807, 2.05) is 40.7 Å². The maximum Gasteiger partial charge on any atom is 0.338 e. The minimum absolute atomic E-state index is 0.00489. The number of aliphatic hydroxyl groups is 3. The zero-order chi connectivity index (χ0) is 51.3. The number of rotatable bonds is 15. The van der Waals surface area contributed by atoms with E-state index in [1.54, 1.807) is 45.4 Å². The average molecular weight is 1000 g/mol. The zero-order valence-corrected chi connectivity index (χ0v) is 43.6. The second kappa shape index (κ2) is 21.9. The molecule has 7 fully saturated rings. The number of methoxy groups -OCH3 is 3. The van der Waals surface area contributed by atoms with Crippen molar-refractivity contribution in [1.82, 2.24) is 0 Å². The van der Waals surface area contributed by atoms with Crippen molar-refractivity contribution in [2.75, 3.05) is 21.3 Å². The third-order valence-electron chi connectivity index (χ3n) is 18.2. The average Bonchev–Trinajstić information content (AvgIpc) is 3.51. The van der Waals surface area contributed by atoms with Gasteiger partial charge in [0, 0.05) is 46.0 Å². The third-order valence-corrected chi connectivity index (χ3v) is 18.2. The maximum absolute atomic E-state index is 13.9. The Morgan fingerprint density at radius 2 is 1.34 bits per heavy atom. The topological polar surface area (TPSA) is 213 Å². The van der Waals surface area contributed by atoms with Gasteiger partial charge in [-0.05, 0) is 114 Å². The molecule has 23 unspecified atom stereocenters. The van der Waals surface area contributed by atoms with Crippen LogP contribution in [0.4, 0.5) is 0 Å². The predicted molar refractivity (Wildman–Crippen MR) is 254 cm³/mol. The largest absolute Gasteiger partial charge is 0.457 e. The van der Waals surface area contributed by atoms with Crippen molar-refractivity contribution in [3.05, 3.63) is 35.9 Å². The van der Waals surface area contributed by atoms with E-state index in [0.29, 0.717) is 31.2 Å². The molecule has 0 bridgehead atoms. The highest BCUT2D eigenvalue weighted by atomic mass is 16.8. The molecule has 0 spiro atoms. The van der Waals surface area contributed by atoms with Crippen molar-refractivity contribution in [2.24, 2.45) is 40.4 Å². The molecule has 0 radical (unpaired) electrons. The van der Waals surface area contributed by atoms with E-state index in [-0.39, 0.29) is 53.5 Å². The van der Waals surface area contributed by atoms with Crippen molar-refractivity contribution < 1.29 is 81.8 Å². The summed E-state index contributed by atoms with van der Waals surface area (Å²) < 4.78 is 68.4. The van der Waals surface area contributed by atoms with Gasteiger partial charge < -0.3 is 67.4 Å². The fourth-order valence-electron chi connectivity index (χ4n) is 14.6. The summed E-state index contributed by atoms with van der Waals surface area (Å²) in [5.41, 5.74) is -2.53. The Morgan fingerprint density at radius 1 is 0.704 bits per heavy atom. The highest BCUT2D eigenvalue weighted by Gasteiger charge is 2.77. The quantitative estimate of drug-likeness (QED) is 0.142. The molecule has 8 rings (SSSR count). The summed E-state index contributed by atoms with van der Waals surface area (Å²) in [5.74, 6) is -2.15. The van der Waals surface area contributed by atoms with E-state index in [4.69, 9.17) is 52.1 Å².